The molecular weight excluding hydrogens is 182 g/mol. The van der Waals surface area contributed by atoms with Crippen molar-refractivity contribution in [1.29, 1.82) is 0 Å². The largest absolute Gasteiger partial charge is 0.398 e. The van der Waals surface area contributed by atoms with Gasteiger partial charge in [0.1, 0.15) is 0 Å². The molecule has 2 aromatic rings. The Labute approximate surface area is 80.6 Å². The van der Waals surface area contributed by atoms with E-state index in [0.717, 1.165) is 33.4 Å². The van der Waals surface area contributed by atoms with Gasteiger partial charge in [-0.25, -0.2) is 0 Å². The first kappa shape index (κ1) is 8.41. The van der Waals surface area contributed by atoms with Crippen LogP contribution in [0.4, 0.5) is 5.69 Å². The molecule has 0 bridgehead atoms. The second-order valence-corrected chi connectivity index (χ2v) is 3.41. The Morgan fingerprint density at radius 3 is 2.38 bits per heavy atom. The highest BCUT2D eigenvalue weighted by molar-refractivity contribution is 7.94. The molecule has 3 N–H and O–H groups in total. The smallest absolute Gasteiger partial charge is 0.0430 e. The Kier molecular flexibility index (Phi) is 2.12. The maximum absolute atomic E-state index is 9.00. The van der Waals surface area contributed by atoms with Crippen molar-refractivity contribution in [2.24, 2.45) is 0 Å². The van der Waals surface area contributed by atoms with Gasteiger partial charge in [0.2, 0.25) is 0 Å². The first-order valence-electron chi connectivity index (χ1n) is 3.91. The molecule has 13 heavy (non-hydrogen) atoms. The summed E-state index contributed by atoms with van der Waals surface area (Å²) in [5.74, 6) is 0. The van der Waals surface area contributed by atoms with E-state index in [-0.39, 0.29) is 0 Å². The van der Waals surface area contributed by atoms with Crippen LogP contribution in [-0.2, 0) is 0 Å². The van der Waals surface area contributed by atoms with Crippen LogP contribution in [0.2, 0.25) is 0 Å². The molecule has 0 unspecified atom stereocenters. The molecular formula is C10H9NOS. The quantitative estimate of drug-likeness (QED) is 0.538. The third-order valence-electron chi connectivity index (χ3n) is 2.02. The summed E-state index contributed by atoms with van der Waals surface area (Å²) < 4.78 is 9.00. The summed E-state index contributed by atoms with van der Waals surface area (Å²) in [6.45, 7) is 0. The highest BCUT2D eigenvalue weighted by Crippen LogP contribution is 2.29. The lowest BCUT2D eigenvalue weighted by molar-refractivity contribution is 0.664. The zero-order valence-electron chi connectivity index (χ0n) is 6.90. The lowest BCUT2D eigenvalue weighted by Crippen LogP contribution is -1.87. The monoisotopic (exact) mass is 191 g/mol. The fraction of sp³-hybridized carbons (Fsp3) is 0. The molecule has 2 rings (SSSR count). The number of nitrogen functional groups attached to an aromatic ring is 1. The summed E-state index contributed by atoms with van der Waals surface area (Å²) in [6.07, 6.45) is 0. The van der Waals surface area contributed by atoms with Crippen LogP contribution in [0.15, 0.2) is 41.3 Å². The fourth-order valence-corrected chi connectivity index (χ4v) is 1.78. The van der Waals surface area contributed by atoms with E-state index < -0.39 is 0 Å². The first-order valence-corrected chi connectivity index (χ1v) is 4.69. The zero-order valence-corrected chi connectivity index (χ0v) is 7.71. The number of benzene rings is 2. The second-order valence-electron chi connectivity index (χ2n) is 2.79. The average Bonchev–Trinajstić information content (AvgIpc) is 2.19. The van der Waals surface area contributed by atoms with Crippen molar-refractivity contribution < 1.29 is 4.55 Å². The van der Waals surface area contributed by atoms with Gasteiger partial charge >= 0.3 is 0 Å². The Morgan fingerprint density at radius 2 is 1.69 bits per heavy atom. The van der Waals surface area contributed by atoms with Gasteiger partial charge in [-0.1, -0.05) is 24.3 Å². The van der Waals surface area contributed by atoms with E-state index in [1.165, 1.54) is 0 Å². The van der Waals surface area contributed by atoms with Crippen LogP contribution in [0, 0.1) is 0 Å². The Hall–Kier alpha value is -1.19. The summed E-state index contributed by atoms with van der Waals surface area (Å²) in [6, 6.07) is 11.4. The van der Waals surface area contributed by atoms with Gasteiger partial charge in [0.15, 0.2) is 0 Å². The number of fused-ring (bicyclic) bond motifs is 1. The van der Waals surface area contributed by atoms with Gasteiger partial charge in [-0.05, 0) is 17.5 Å². The molecule has 3 heteroatoms. The predicted octanol–water partition coefficient (Wildman–Crippen LogP) is 2.99. The minimum absolute atomic E-state index is 0.744. The molecule has 66 valence electrons. The van der Waals surface area contributed by atoms with Crippen molar-refractivity contribution >= 4 is 28.5 Å². The van der Waals surface area contributed by atoms with Crippen LogP contribution in [0.1, 0.15) is 0 Å². The number of hydrogen-bond donors (Lipinski definition) is 2. The zero-order chi connectivity index (χ0) is 9.26. The Bertz CT molecular complexity index is 442. The molecule has 0 radical (unpaired) electrons. The third-order valence-corrected chi connectivity index (χ3v) is 2.57. The minimum Gasteiger partial charge on any atom is -0.398 e. The van der Waals surface area contributed by atoms with Gasteiger partial charge in [-0.3, -0.25) is 0 Å². The summed E-state index contributed by atoms with van der Waals surface area (Å²) in [7, 11) is 0. The summed E-state index contributed by atoms with van der Waals surface area (Å²) >= 11 is 0.751. The van der Waals surface area contributed by atoms with E-state index in [1.54, 1.807) is 6.07 Å². The third kappa shape index (κ3) is 1.36. The molecule has 2 nitrogen and oxygen atoms in total. The molecule has 0 atom stereocenters. The maximum Gasteiger partial charge on any atom is 0.0430 e. The SMILES string of the molecule is Nc1ccc(SO)c2ccccc12. The fourth-order valence-electron chi connectivity index (χ4n) is 1.37. The number of nitrogens with two attached hydrogens (primary N) is 1. The summed E-state index contributed by atoms with van der Waals surface area (Å²) in [4.78, 5) is 0.838. The molecule has 2 aromatic carbocycles. The molecule has 0 saturated carbocycles. The summed E-state index contributed by atoms with van der Waals surface area (Å²) in [5, 5.41) is 1.98. The summed E-state index contributed by atoms with van der Waals surface area (Å²) in [5.41, 5.74) is 6.53. The van der Waals surface area contributed by atoms with Crippen LogP contribution in [0.25, 0.3) is 10.8 Å². The number of rotatable bonds is 1. The van der Waals surface area contributed by atoms with Crippen molar-refractivity contribution in [1.82, 2.24) is 0 Å². The van der Waals surface area contributed by atoms with Gasteiger partial charge in [-0.15, -0.1) is 0 Å². The number of anilines is 1. The molecule has 0 aliphatic rings. The average molecular weight is 191 g/mol. The molecule has 0 aliphatic heterocycles. The van der Waals surface area contributed by atoms with Gasteiger partial charge in [-0.2, -0.15) is 0 Å². The topological polar surface area (TPSA) is 46.2 Å². The van der Waals surface area contributed by atoms with Crippen molar-refractivity contribution in [3.05, 3.63) is 36.4 Å². The highest BCUT2D eigenvalue weighted by atomic mass is 32.2. The highest BCUT2D eigenvalue weighted by Gasteiger charge is 2.02. The van der Waals surface area contributed by atoms with Gasteiger partial charge in [0, 0.05) is 28.0 Å². The van der Waals surface area contributed by atoms with E-state index >= 15 is 0 Å². The van der Waals surface area contributed by atoms with Crippen molar-refractivity contribution in [2.75, 3.05) is 5.73 Å². The van der Waals surface area contributed by atoms with E-state index in [1.807, 2.05) is 30.3 Å². The molecule has 0 amide bonds. The molecule has 0 aromatic heterocycles. The molecule has 0 spiro atoms. The van der Waals surface area contributed by atoms with E-state index in [9.17, 15) is 0 Å². The van der Waals surface area contributed by atoms with Crippen molar-refractivity contribution in [3.8, 4) is 0 Å². The van der Waals surface area contributed by atoms with Gasteiger partial charge in [0.05, 0.1) is 0 Å². The van der Waals surface area contributed by atoms with E-state index in [0.29, 0.717) is 0 Å². The minimum atomic E-state index is 0.744. The normalized spacial score (nSPS) is 10.5. The molecule has 0 heterocycles. The maximum atomic E-state index is 9.00. The van der Waals surface area contributed by atoms with Crippen LogP contribution < -0.4 is 5.73 Å². The van der Waals surface area contributed by atoms with E-state index in [4.69, 9.17) is 10.3 Å². The lowest BCUT2D eigenvalue weighted by atomic mass is 10.1. The van der Waals surface area contributed by atoms with Gasteiger partial charge < -0.3 is 10.3 Å². The van der Waals surface area contributed by atoms with E-state index in [2.05, 4.69) is 0 Å². The van der Waals surface area contributed by atoms with Crippen molar-refractivity contribution in [3.63, 3.8) is 0 Å². The Morgan fingerprint density at radius 1 is 1.00 bits per heavy atom. The second kappa shape index (κ2) is 3.28. The Balaban J connectivity index is 2.84. The van der Waals surface area contributed by atoms with Crippen molar-refractivity contribution in [2.45, 2.75) is 4.90 Å². The van der Waals surface area contributed by atoms with Crippen LogP contribution in [0.3, 0.4) is 0 Å². The first-order chi connectivity index (χ1) is 6.33. The molecule has 0 aliphatic carbocycles. The lowest BCUT2D eigenvalue weighted by Gasteiger charge is -2.04. The van der Waals surface area contributed by atoms with Gasteiger partial charge in [0.25, 0.3) is 0 Å². The molecule has 0 saturated heterocycles. The molecule has 0 fully saturated rings. The number of hydrogen-bond acceptors (Lipinski definition) is 3. The standard InChI is InChI=1S/C10H9NOS/c11-9-5-6-10(13-12)8-4-2-1-3-7(8)9/h1-6,12H,11H2. The predicted molar refractivity (Wildman–Crippen MR) is 56.8 cm³/mol. The van der Waals surface area contributed by atoms with Crippen LogP contribution >= 0.6 is 12.0 Å². The van der Waals surface area contributed by atoms with Crippen LogP contribution in [-0.4, -0.2) is 4.55 Å². The van der Waals surface area contributed by atoms with Crippen LogP contribution in [0.5, 0.6) is 0 Å².